The van der Waals surface area contributed by atoms with Crippen LogP contribution in [-0.4, -0.2) is 33.4 Å². The molecule has 0 spiro atoms. The van der Waals surface area contributed by atoms with Gasteiger partial charge in [0.1, 0.15) is 0 Å². The summed E-state index contributed by atoms with van der Waals surface area (Å²) in [6, 6.07) is 3.68. The quantitative estimate of drug-likeness (QED) is 0.856. The van der Waals surface area contributed by atoms with Crippen LogP contribution in [0.5, 0.6) is 0 Å². The number of hydrogen-bond donors (Lipinski definition) is 2. The van der Waals surface area contributed by atoms with Crippen LogP contribution in [0.1, 0.15) is 41.7 Å². The zero-order valence-corrected chi connectivity index (χ0v) is 15.0. The number of nitrogens with one attached hydrogen (secondary N) is 2. The summed E-state index contributed by atoms with van der Waals surface area (Å²) in [7, 11) is 0. The van der Waals surface area contributed by atoms with Gasteiger partial charge in [-0.2, -0.15) is 0 Å². The molecule has 0 saturated heterocycles. The van der Waals surface area contributed by atoms with Crippen molar-refractivity contribution < 1.29 is 4.79 Å². The van der Waals surface area contributed by atoms with Gasteiger partial charge in [0.15, 0.2) is 0 Å². The summed E-state index contributed by atoms with van der Waals surface area (Å²) < 4.78 is 0. The molecule has 1 amide bonds. The first-order chi connectivity index (χ1) is 12.1. The number of pyridine rings is 1. The van der Waals surface area contributed by atoms with Crippen LogP contribution in [0.25, 0.3) is 0 Å². The fourth-order valence-electron chi connectivity index (χ4n) is 3.14. The van der Waals surface area contributed by atoms with Gasteiger partial charge in [-0.25, -0.2) is 9.97 Å². The zero-order chi connectivity index (χ0) is 17.6. The van der Waals surface area contributed by atoms with Crippen LogP contribution in [0.15, 0.2) is 30.7 Å². The molecule has 1 aliphatic rings. The van der Waals surface area contributed by atoms with Crippen LogP contribution in [0, 0.1) is 12.8 Å². The number of amides is 1. The Morgan fingerprint density at radius 3 is 2.64 bits per heavy atom. The Labute approximate surface area is 152 Å². The number of nitrogens with zero attached hydrogens (tertiary/aromatic N) is 3. The van der Waals surface area contributed by atoms with Gasteiger partial charge >= 0.3 is 0 Å². The molecule has 1 saturated carbocycles. The Hall–Kier alpha value is -2.21. The first-order valence-electron chi connectivity index (χ1n) is 8.55. The lowest BCUT2D eigenvalue weighted by atomic mass is 9.86. The molecule has 25 heavy (non-hydrogen) atoms. The Balaban J connectivity index is 1.46. The number of aromatic nitrogens is 3. The number of hydrogen-bond acceptors (Lipinski definition) is 5. The fraction of sp³-hybridized carbons (Fsp3) is 0.444. The third-order valence-electron chi connectivity index (χ3n) is 4.59. The molecule has 2 aromatic rings. The van der Waals surface area contributed by atoms with Crippen LogP contribution < -0.4 is 10.6 Å². The van der Waals surface area contributed by atoms with Crippen molar-refractivity contribution in [1.82, 2.24) is 20.3 Å². The molecule has 2 aromatic heterocycles. The van der Waals surface area contributed by atoms with Gasteiger partial charge in [-0.3, -0.25) is 9.78 Å². The van der Waals surface area contributed by atoms with Gasteiger partial charge in [0, 0.05) is 31.2 Å². The number of rotatable bonds is 5. The number of carbonyl (C=O) groups is 1. The van der Waals surface area contributed by atoms with E-state index in [0.29, 0.717) is 28.1 Å². The summed E-state index contributed by atoms with van der Waals surface area (Å²) in [4.78, 5) is 24.9. The predicted octanol–water partition coefficient (Wildman–Crippen LogP) is 3.23. The molecule has 3 rings (SSSR count). The van der Waals surface area contributed by atoms with Crippen molar-refractivity contribution in [2.75, 3.05) is 11.9 Å². The zero-order valence-electron chi connectivity index (χ0n) is 14.2. The Morgan fingerprint density at radius 1 is 1.20 bits per heavy atom. The number of halogens is 1. The Kier molecular flexibility index (Phi) is 5.81. The van der Waals surface area contributed by atoms with E-state index in [9.17, 15) is 4.79 Å². The molecule has 1 aliphatic carbocycles. The molecule has 2 N–H and O–H groups in total. The highest BCUT2D eigenvalue weighted by Gasteiger charge is 2.23. The highest BCUT2D eigenvalue weighted by Crippen LogP contribution is 2.25. The van der Waals surface area contributed by atoms with Crippen LogP contribution in [-0.2, 0) is 0 Å². The molecule has 0 bridgehead atoms. The van der Waals surface area contributed by atoms with Crippen LogP contribution in [0.4, 0.5) is 5.95 Å². The lowest BCUT2D eigenvalue weighted by molar-refractivity contribution is 0.0921. The molecule has 0 radical (unpaired) electrons. The molecule has 0 aromatic carbocycles. The highest BCUT2D eigenvalue weighted by molar-refractivity contribution is 6.30. The molecule has 0 atom stereocenters. The van der Waals surface area contributed by atoms with E-state index in [-0.39, 0.29) is 11.9 Å². The van der Waals surface area contributed by atoms with Crippen LogP contribution in [0.2, 0.25) is 5.02 Å². The second-order valence-electron chi connectivity index (χ2n) is 6.43. The highest BCUT2D eigenvalue weighted by atomic mass is 35.5. The molecular weight excluding hydrogens is 338 g/mol. The van der Waals surface area contributed by atoms with E-state index < -0.39 is 0 Å². The molecule has 1 fully saturated rings. The van der Waals surface area contributed by atoms with Crippen molar-refractivity contribution in [2.45, 2.75) is 38.6 Å². The monoisotopic (exact) mass is 359 g/mol. The maximum Gasteiger partial charge on any atom is 0.253 e. The van der Waals surface area contributed by atoms with Gasteiger partial charge in [-0.15, -0.1) is 0 Å². The lowest BCUT2D eigenvalue weighted by Gasteiger charge is -2.29. The van der Waals surface area contributed by atoms with E-state index >= 15 is 0 Å². The first kappa shape index (κ1) is 17.6. The number of carbonyl (C=O) groups excluding carboxylic acids is 1. The van der Waals surface area contributed by atoms with Gasteiger partial charge in [0.2, 0.25) is 5.95 Å². The first-order valence-corrected chi connectivity index (χ1v) is 8.93. The van der Waals surface area contributed by atoms with Crippen molar-refractivity contribution in [3.63, 3.8) is 0 Å². The summed E-state index contributed by atoms with van der Waals surface area (Å²) in [5, 5.41) is 6.87. The molecule has 2 heterocycles. The lowest BCUT2D eigenvalue weighted by Crippen LogP contribution is -2.38. The van der Waals surface area contributed by atoms with Crippen molar-refractivity contribution in [3.8, 4) is 0 Å². The molecule has 0 aliphatic heterocycles. The molecule has 7 heteroatoms. The molecule has 132 valence electrons. The summed E-state index contributed by atoms with van der Waals surface area (Å²) in [5.74, 6) is 1.15. The standard InChI is InChI=1S/C18H22ClN5O/c1-12-16(9-14(19)11-22-12)17(25)24-15-5-3-13(4-6-15)10-23-18-20-7-2-8-21-18/h2,7-9,11,13,15H,3-6,10H2,1H3,(H,24,25)(H,20,21,23). The SMILES string of the molecule is Cc1ncc(Cl)cc1C(=O)NC1CCC(CNc2ncccn2)CC1. The second kappa shape index (κ2) is 8.25. The number of aryl methyl sites for hydroxylation is 1. The summed E-state index contributed by atoms with van der Waals surface area (Å²) >= 11 is 5.95. The fourth-order valence-corrected chi connectivity index (χ4v) is 3.30. The third-order valence-corrected chi connectivity index (χ3v) is 4.80. The summed E-state index contributed by atoms with van der Waals surface area (Å²) in [5.41, 5.74) is 1.25. The van der Waals surface area contributed by atoms with E-state index in [2.05, 4.69) is 25.6 Å². The number of anilines is 1. The van der Waals surface area contributed by atoms with Crippen LogP contribution >= 0.6 is 11.6 Å². The van der Waals surface area contributed by atoms with E-state index in [1.165, 1.54) is 0 Å². The Morgan fingerprint density at radius 2 is 1.92 bits per heavy atom. The molecular formula is C18H22ClN5O. The summed E-state index contributed by atoms with van der Waals surface area (Å²) in [6.07, 6.45) is 9.10. The minimum absolute atomic E-state index is 0.0910. The van der Waals surface area contributed by atoms with Gasteiger partial charge in [0.05, 0.1) is 16.3 Å². The van der Waals surface area contributed by atoms with Gasteiger partial charge in [-0.1, -0.05) is 11.6 Å². The largest absolute Gasteiger partial charge is 0.354 e. The van der Waals surface area contributed by atoms with E-state index in [4.69, 9.17) is 11.6 Å². The van der Waals surface area contributed by atoms with Crippen molar-refractivity contribution in [3.05, 3.63) is 47.0 Å². The van der Waals surface area contributed by atoms with Crippen molar-refractivity contribution in [1.29, 1.82) is 0 Å². The maximum absolute atomic E-state index is 12.4. The predicted molar refractivity (Wildman–Crippen MR) is 97.7 cm³/mol. The molecule has 0 unspecified atom stereocenters. The smallest absolute Gasteiger partial charge is 0.253 e. The summed E-state index contributed by atoms with van der Waals surface area (Å²) in [6.45, 7) is 2.68. The van der Waals surface area contributed by atoms with E-state index in [1.807, 2.05) is 6.92 Å². The van der Waals surface area contributed by atoms with Gasteiger partial charge in [-0.05, 0) is 50.7 Å². The van der Waals surface area contributed by atoms with Crippen molar-refractivity contribution >= 4 is 23.5 Å². The third kappa shape index (κ3) is 4.89. The van der Waals surface area contributed by atoms with Gasteiger partial charge < -0.3 is 10.6 Å². The minimum Gasteiger partial charge on any atom is -0.354 e. The average molecular weight is 360 g/mol. The topological polar surface area (TPSA) is 79.8 Å². The van der Waals surface area contributed by atoms with E-state index in [0.717, 1.165) is 32.2 Å². The normalized spacial score (nSPS) is 20.1. The van der Waals surface area contributed by atoms with E-state index in [1.54, 1.807) is 30.7 Å². The second-order valence-corrected chi connectivity index (χ2v) is 6.87. The molecule has 6 nitrogen and oxygen atoms in total. The maximum atomic E-state index is 12.4. The Bertz CT molecular complexity index is 717. The van der Waals surface area contributed by atoms with Crippen molar-refractivity contribution in [2.24, 2.45) is 5.92 Å². The van der Waals surface area contributed by atoms with Gasteiger partial charge in [0.25, 0.3) is 5.91 Å². The average Bonchev–Trinajstić information content (AvgIpc) is 2.64. The van der Waals surface area contributed by atoms with Crippen LogP contribution in [0.3, 0.4) is 0 Å². The minimum atomic E-state index is -0.0910.